The molecule has 1 radical (unpaired) electrons. The van der Waals surface area contributed by atoms with Gasteiger partial charge in [0.2, 0.25) is 0 Å². The number of aryl methyl sites for hydroxylation is 2. The molecule has 0 aliphatic heterocycles. The minimum absolute atomic E-state index is 0. The molecule has 0 saturated heterocycles. The van der Waals surface area contributed by atoms with Crippen molar-refractivity contribution in [2.75, 3.05) is 0 Å². The first kappa shape index (κ1) is 40.8. The maximum Gasteiger partial charge on any atom is 0.164 e. The van der Waals surface area contributed by atoms with Gasteiger partial charge in [0.25, 0.3) is 0 Å². The van der Waals surface area contributed by atoms with Crippen molar-refractivity contribution in [2.24, 2.45) is 10.8 Å². The second-order valence-corrected chi connectivity index (χ2v) is 15.5. The minimum atomic E-state index is -0.337. The summed E-state index contributed by atoms with van der Waals surface area (Å²) in [5.74, 6) is 1.11. The molecule has 0 fully saturated rings. The van der Waals surface area contributed by atoms with Gasteiger partial charge in [-0.1, -0.05) is 104 Å². The molecule has 0 bridgehead atoms. The van der Waals surface area contributed by atoms with Crippen LogP contribution >= 0.6 is 0 Å². The Hall–Kier alpha value is -3.99. The zero-order chi connectivity index (χ0) is 37.3. The fraction of sp³-hybridized carbons (Fsp3) is 0.391. The number of furan rings is 2. The average molecular weight is 877 g/mol. The third kappa shape index (κ3) is 7.70. The first-order valence-corrected chi connectivity index (χ1v) is 18.4. The molecule has 0 unspecified atom stereocenters. The molecule has 5 nitrogen and oxygen atoms in total. The van der Waals surface area contributed by atoms with E-state index >= 15 is 0 Å². The zero-order valence-corrected chi connectivity index (χ0v) is 35.1. The zero-order valence-electron chi connectivity index (χ0n) is 32.7. The SMILES string of the molecule is CCC(C)(CC)C(=O)/C=C(\O)C(C)(CC)CC.Cc1coc2c(-c3oc4c(-c5[c-]c6ccccc6c(C(C)(C)C)c5)nccc4c3C)cccc12.[Ir]. The number of pyridine rings is 1. The van der Waals surface area contributed by atoms with Crippen LogP contribution in [-0.4, -0.2) is 15.9 Å². The molecule has 52 heavy (non-hydrogen) atoms. The summed E-state index contributed by atoms with van der Waals surface area (Å²) in [5, 5.41) is 14.6. The second-order valence-electron chi connectivity index (χ2n) is 15.5. The molecule has 6 heteroatoms. The van der Waals surface area contributed by atoms with Gasteiger partial charge in [-0.05, 0) is 62.6 Å². The third-order valence-corrected chi connectivity index (χ3v) is 11.3. The number of hydrogen-bond acceptors (Lipinski definition) is 5. The van der Waals surface area contributed by atoms with Crippen LogP contribution in [-0.2, 0) is 30.3 Å². The van der Waals surface area contributed by atoms with Gasteiger partial charge >= 0.3 is 0 Å². The van der Waals surface area contributed by atoms with Gasteiger partial charge in [-0.2, -0.15) is 0 Å². The Morgan fingerprint density at radius 2 is 1.46 bits per heavy atom. The first-order chi connectivity index (χ1) is 24.1. The van der Waals surface area contributed by atoms with E-state index in [9.17, 15) is 9.90 Å². The Kier molecular flexibility index (Phi) is 12.5. The van der Waals surface area contributed by atoms with Crippen molar-refractivity contribution in [3.8, 4) is 22.6 Å². The fourth-order valence-corrected chi connectivity index (χ4v) is 6.62. The minimum Gasteiger partial charge on any atom is -0.512 e. The number of carbonyl (C=O) groups is 1. The van der Waals surface area contributed by atoms with Crippen molar-refractivity contribution in [2.45, 2.75) is 107 Å². The van der Waals surface area contributed by atoms with Crippen LogP contribution in [0.3, 0.4) is 0 Å². The Balaban J connectivity index is 0.000000289. The number of aliphatic hydroxyl groups is 1. The number of aromatic nitrogens is 1. The van der Waals surface area contributed by atoms with Crippen LogP contribution in [0.25, 0.3) is 55.3 Å². The van der Waals surface area contributed by atoms with E-state index in [-0.39, 0.29) is 47.9 Å². The normalized spacial score (nSPS) is 12.6. The summed E-state index contributed by atoms with van der Waals surface area (Å²) in [7, 11) is 0. The number of benzene rings is 3. The van der Waals surface area contributed by atoms with E-state index in [1.54, 1.807) is 6.26 Å². The summed E-state index contributed by atoms with van der Waals surface area (Å²) in [6.07, 6.45) is 8.42. The molecule has 3 heterocycles. The maximum absolute atomic E-state index is 12.2. The van der Waals surface area contributed by atoms with E-state index in [4.69, 9.17) is 13.8 Å². The van der Waals surface area contributed by atoms with Gasteiger partial charge in [-0.25, -0.2) is 0 Å². The van der Waals surface area contributed by atoms with E-state index in [1.165, 1.54) is 17.0 Å². The third-order valence-electron chi connectivity index (χ3n) is 11.3. The first-order valence-electron chi connectivity index (χ1n) is 18.4. The molecule has 0 aliphatic rings. The molecule has 0 spiro atoms. The average Bonchev–Trinajstić information content (AvgIpc) is 3.69. The predicted molar refractivity (Wildman–Crippen MR) is 212 cm³/mol. The number of fused-ring (bicyclic) bond motifs is 3. The number of hydrogen-bond donors (Lipinski definition) is 1. The van der Waals surface area contributed by atoms with Crippen LogP contribution in [0, 0.1) is 30.7 Å². The molecule has 1 N–H and O–H groups in total. The number of ketones is 1. The maximum atomic E-state index is 12.2. The standard InChI is InChI=1S/C31H26NO2.C15H28O2.Ir/c1-18-17-33-29-22(18)11-8-12-25(29)28-19(2)23-13-14-32-27(30(23)34-28)21-15-20-9-6-7-10-24(20)26(16-21)31(3,4)5;1-7-14(5,8-2)12(16)11-13(17)15(6,9-3)10-4;/h6-14,16-17H,1-5H3;11,16H,7-10H2,1-6H3;/q-1;;/b;12-11-;. The van der Waals surface area contributed by atoms with Crippen LogP contribution in [0.2, 0.25) is 0 Å². The molecule has 277 valence electrons. The topological polar surface area (TPSA) is 76.5 Å². The number of allylic oxidation sites excluding steroid dienone is 2. The Labute approximate surface area is 323 Å². The number of nitrogens with zero attached hydrogens (tertiary/aromatic N) is 1. The molecule has 3 aromatic heterocycles. The van der Waals surface area contributed by atoms with Gasteiger partial charge in [0.05, 0.1) is 11.8 Å². The summed E-state index contributed by atoms with van der Waals surface area (Å²) in [4.78, 5) is 17.0. The molecule has 6 rings (SSSR count). The molecule has 0 amide bonds. The van der Waals surface area contributed by atoms with Crippen molar-refractivity contribution in [1.82, 2.24) is 4.98 Å². The number of rotatable bonds is 9. The molecular weight excluding hydrogens is 823 g/mol. The van der Waals surface area contributed by atoms with Gasteiger partial charge in [0.15, 0.2) is 5.78 Å². The smallest absolute Gasteiger partial charge is 0.164 e. The summed E-state index contributed by atoms with van der Waals surface area (Å²) in [5.41, 5.74) is 7.20. The van der Waals surface area contributed by atoms with Crippen molar-refractivity contribution in [3.05, 3.63) is 102 Å². The fourth-order valence-electron chi connectivity index (χ4n) is 6.62. The van der Waals surface area contributed by atoms with Crippen molar-refractivity contribution < 1.29 is 38.8 Å². The second kappa shape index (κ2) is 15.9. The number of aliphatic hydroxyl groups excluding tert-OH is 1. The molecule has 6 aromatic rings. The van der Waals surface area contributed by atoms with E-state index in [1.807, 2.05) is 53.8 Å². The van der Waals surface area contributed by atoms with E-state index < -0.39 is 0 Å². The predicted octanol–water partition coefficient (Wildman–Crippen LogP) is 13.4. The van der Waals surface area contributed by atoms with Gasteiger partial charge in [-0.3, -0.25) is 9.78 Å². The Bertz CT molecular complexity index is 2220. The van der Waals surface area contributed by atoms with Gasteiger partial charge in [-0.15, -0.1) is 29.1 Å². The van der Waals surface area contributed by atoms with E-state index in [0.717, 1.165) is 86.7 Å². The van der Waals surface area contributed by atoms with Gasteiger partial charge in [0, 0.05) is 65.2 Å². The van der Waals surface area contributed by atoms with E-state index in [2.05, 4.69) is 89.2 Å². The molecule has 0 aliphatic carbocycles. The van der Waals surface area contributed by atoms with Crippen molar-refractivity contribution in [3.63, 3.8) is 0 Å². The Morgan fingerprint density at radius 1 is 0.827 bits per heavy atom. The van der Waals surface area contributed by atoms with Gasteiger partial charge < -0.3 is 13.9 Å². The molecular formula is C46H54IrNO4-. The summed E-state index contributed by atoms with van der Waals surface area (Å²) < 4.78 is 12.5. The van der Waals surface area contributed by atoms with E-state index in [0.29, 0.717) is 0 Å². The molecule has 3 aromatic carbocycles. The van der Waals surface area contributed by atoms with Crippen LogP contribution in [0.4, 0.5) is 0 Å². The number of carbonyl (C=O) groups excluding carboxylic acids is 1. The summed E-state index contributed by atoms with van der Waals surface area (Å²) in [6.45, 7) is 23.0. The van der Waals surface area contributed by atoms with Crippen LogP contribution < -0.4 is 0 Å². The summed E-state index contributed by atoms with van der Waals surface area (Å²) >= 11 is 0. The van der Waals surface area contributed by atoms with Crippen LogP contribution in [0.15, 0.2) is 87.7 Å². The molecule has 0 atom stereocenters. The largest absolute Gasteiger partial charge is 0.512 e. The van der Waals surface area contributed by atoms with Crippen molar-refractivity contribution >= 4 is 38.5 Å². The molecule has 0 saturated carbocycles. The van der Waals surface area contributed by atoms with Crippen LogP contribution in [0.5, 0.6) is 0 Å². The Morgan fingerprint density at radius 3 is 2.10 bits per heavy atom. The summed E-state index contributed by atoms with van der Waals surface area (Å²) in [6, 6.07) is 22.5. The quantitative estimate of drug-likeness (QED) is 0.0889. The number of para-hydroxylation sites is 1. The van der Waals surface area contributed by atoms with Crippen LogP contribution in [0.1, 0.15) is 105 Å². The van der Waals surface area contributed by atoms with Gasteiger partial charge in [0.1, 0.15) is 22.7 Å². The van der Waals surface area contributed by atoms with Crippen molar-refractivity contribution in [1.29, 1.82) is 0 Å². The monoisotopic (exact) mass is 877 g/mol.